The molecular weight excluding hydrogens is 282 g/mol. The Kier molecular flexibility index (Phi) is 2.73. The minimum Gasteiger partial charge on any atom is -0.335 e. The summed E-state index contributed by atoms with van der Waals surface area (Å²) in [5, 5.41) is 0. The van der Waals surface area contributed by atoms with E-state index in [9.17, 15) is 4.79 Å². The number of fused-ring (bicyclic) bond motifs is 1. The molecule has 5 heteroatoms. The molecule has 1 amide bonds. The molecule has 1 aromatic heterocycles. The zero-order chi connectivity index (χ0) is 12.0. The van der Waals surface area contributed by atoms with Crippen LogP contribution in [0.3, 0.4) is 0 Å². The van der Waals surface area contributed by atoms with Crippen LogP contribution in [0.4, 0.5) is 0 Å². The highest BCUT2D eigenvalue weighted by molar-refractivity contribution is 9.10. The number of hydrogen-bond acceptors (Lipinski definition) is 2. The van der Waals surface area contributed by atoms with Crippen LogP contribution in [0.25, 0.3) is 0 Å². The lowest BCUT2D eigenvalue weighted by Gasteiger charge is -2.28. The highest BCUT2D eigenvalue weighted by Gasteiger charge is 2.31. The Balaban J connectivity index is 1.79. The molecular formula is C12H16BrN3O. The fourth-order valence-electron chi connectivity index (χ4n) is 2.44. The number of hydrogen-bond donors (Lipinski definition) is 0. The van der Waals surface area contributed by atoms with Crippen LogP contribution < -0.4 is 0 Å². The Morgan fingerprint density at radius 2 is 2.35 bits per heavy atom. The third-order valence-electron chi connectivity index (χ3n) is 3.53. The first-order valence-electron chi connectivity index (χ1n) is 6.14. The molecule has 1 aromatic rings. The van der Waals surface area contributed by atoms with Crippen LogP contribution in [0.1, 0.15) is 37.2 Å². The molecule has 0 N–H and O–H groups in total. The molecule has 1 atom stereocenters. The van der Waals surface area contributed by atoms with Gasteiger partial charge in [0.25, 0.3) is 0 Å². The van der Waals surface area contributed by atoms with Crippen molar-refractivity contribution < 1.29 is 4.79 Å². The Morgan fingerprint density at radius 3 is 3.00 bits per heavy atom. The van der Waals surface area contributed by atoms with Gasteiger partial charge in [-0.3, -0.25) is 4.79 Å². The average molecular weight is 298 g/mol. The molecule has 0 aromatic carbocycles. The SMILES string of the molecule is C[C@@H](Br)C(=O)N1CCc2c(ncn2C2CC2)C1. The summed E-state index contributed by atoms with van der Waals surface area (Å²) in [6.07, 6.45) is 5.46. The largest absolute Gasteiger partial charge is 0.335 e. The van der Waals surface area contributed by atoms with E-state index in [0.717, 1.165) is 18.7 Å². The Labute approximate surface area is 109 Å². The number of rotatable bonds is 2. The predicted molar refractivity (Wildman–Crippen MR) is 68.0 cm³/mol. The van der Waals surface area contributed by atoms with E-state index in [4.69, 9.17) is 0 Å². The van der Waals surface area contributed by atoms with Crippen LogP contribution in [0, 0.1) is 0 Å². The van der Waals surface area contributed by atoms with Crippen molar-refractivity contribution in [3.8, 4) is 0 Å². The maximum Gasteiger partial charge on any atom is 0.236 e. The zero-order valence-electron chi connectivity index (χ0n) is 9.90. The fraction of sp³-hybridized carbons (Fsp3) is 0.667. The van der Waals surface area contributed by atoms with Gasteiger partial charge in [0, 0.05) is 24.7 Å². The molecule has 0 saturated heterocycles. The van der Waals surface area contributed by atoms with Crippen LogP contribution in [-0.2, 0) is 17.8 Å². The molecule has 1 fully saturated rings. The van der Waals surface area contributed by atoms with Gasteiger partial charge in [0.1, 0.15) is 0 Å². The first kappa shape index (κ1) is 11.3. The third-order valence-corrected chi connectivity index (χ3v) is 3.93. The van der Waals surface area contributed by atoms with Crippen LogP contribution in [0.15, 0.2) is 6.33 Å². The molecule has 2 heterocycles. The highest BCUT2D eigenvalue weighted by Crippen LogP contribution is 2.37. The van der Waals surface area contributed by atoms with E-state index in [1.165, 1.54) is 18.5 Å². The molecule has 1 saturated carbocycles. The molecule has 0 radical (unpaired) electrons. The molecule has 1 aliphatic carbocycles. The van der Waals surface area contributed by atoms with E-state index in [1.807, 2.05) is 18.2 Å². The quantitative estimate of drug-likeness (QED) is 0.782. The second-order valence-electron chi connectivity index (χ2n) is 4.90. The maximum absolute atomic E-state index is 11.9. The third kappa shape index (κ3) is 2.01. The normalized spacial score (nSPS) is 21.2. The number of aromatic nitrogens is 2. The zero-order valence-corrected chi connectivity index (χ0v) is 11.5. The number of amides is 1. The van der Waals surface area contributed by atoms with Gasteiger partial charge in [-0.1, -0.05) is 15.9 Å². The summed E-state index contributed by atoms with van der Waals surface area (Å²) in [5.41, 5.74) is 2.43. The molecule has 92 valence electrons. The first-order valence-corrected chi connectivity index (χ1v) is 7.06. The van der Waals surface area contributed by atoms with Gasteiger partial charge < -0.3 is 9.47 Å². The van der Waals surface area contributed by atoms with Crippen molar-refractivity contribution in [2.45, 2.75) is 43.6 Å². The first-order chi connectivity index (χ1) is 8.16. The standard InChI is InChI=1S/C12H16BrN3O/c1-8(13)12(17)15-5-4-11-10(6-15)14-7-16(11)9-2-3-9/h7-9H,2-6H2,1H3/t8-/m1/s1. The number of carbonyl (C=O) groups is 1. The number of halogens is 1. The van der Waals surface area contributed by atoms with Crippen molar-refractivity contribution in [2.75, 3.05) is 6.54 Å². The number of imidazole rings is 1. The summed E-state index contributed by atoms with van der Waals surface area (Å²) in [5.74, 6) is 0.164. The van der Waals surface area contributed by atoms with E-state index >= 15 is 0 Å². The summed E-state index contributed by atoms with van der Waals surface area (Å²) in [7, 11) is 0. The van der Waals surface area contributed by atoms with Gasteiger partial charge in [-0.2, -0.15) is 0 Å². The molecule has 0 unspecified atom stereocenters. The lowest BCUT2D eigenvalue weighted by Crippen LogP contribution is -2.39. The van der Waals surface area contributed by atoms with E-state index in [0.29, 0.717) is 12.6 Å². The van der Waals surface area contributed by atoms with Gasteiger partial charge in [0.15, 0.2) is 0 Å². The van der Waals surface area contributed by atoms with Gasteiger partial charge in [0.2, 0.25) is 5.91 Å². The number of alkyl halides is 1. The monoisotopic (exact) mass is 297 g/mol. The minimum atomic E-state index is -0.102. The van der Waals surface area contributed by atoms with Crippen LogP contribution in [0.5, 0.6) is 0 Å². The van der Waals surface area contributed by atoms with Crippen molar-refractivity contribution in [3.05, 3.63) is 17.7 Å². The van der Waals surface area contributed by atoms with Gasteiger partial charge in [-0.25, -0.2) is 4.98 Å². The number of carbonyl (C=O) groups excluding carboxylic acids is 1. The second-order valence-corrected chi connectivity index (χ2v) is 6.28. The number of nitrogens with zero attached hydrogens (tertiary/aromatic N) is 3. The smallest absolute Gasteiger partial charge is 0.236 e. The van der Waals surface area contributed by atoms with E-state index in [2.05, 4.69) is 25.5 Å². The summed E-state index contributed by atoms with van der Waals surface area (Å²) in [6.45, 7) is 3.37. The summed E-state index contributed by atoms with van der Waals surface area (Å²) >= 11 is 3.34. The second kappa shape index (κ2) is 4.12. The molecule has 2 aliphatic rings. The Bertz CT molecular complexity index is 451. The van der Waals surface area contributed by atoms with Gasteiger partial charge in [-0.05, 0) is 19.8 Å². The Hall–Kier alpha value is -0.840. The predicted octanol–water partition coefficient (Wildman–Crippen LogP) is 1.89. The minimum absolute atomic E-state index is 0.102. The summed E-state index contributed by atoms with van der Waals surface area (Å²) in [6, 6.07) is 0.684. The average Bonchev–Trinajstić information content (AvgIpc) is 3.07. The van der Waals surface area contributed by atoms with E-state index in [1.54, 1.807) is 0 Å². The summed E-state index contributed by atoms with van der Waals surface area (Å²) in [4.78, 5) is 18.2. The van der Waals surface area contributed by atoms with Crippen LogP contribution >= 0.6 is 15.9 Å². The molecule has 4 nitrogen and oxygen atoms in total. The van der Waals surface area contributed by atoms with E-state index in [-0.39, 0.29) is 10.7 Å². The summed E-state index contributed by atoms with van der Waals surface area (Å²) < 4.78 is 2.31. The van der Waals surface area contributed by atoms with Crippen molar-refractivity contribution in [3.63, 3.8) is 0 Å². The van der Waals surface area contributed by atoms with Crippen LogP contribution in [0.2, 0.25) is 0 Å². The lowest BCUT2D eigenvalue weighted by molar-refractivity contribution is -0.131. The molecule has 1 aliphatic heterocycles. The van der Waals surface area contributed by atoms with Gasteiger partial charge in [0.05, 0.1) is 23.4 Å². The van der Waals surface area contributed by atoms with Crippen molar-refractivity contribution in [2.24, 2.45) is 0 Å². The van der Waals surface area contributed by atoms with Crippen molar-refractivity contribution in [1.29, 1.82) is 0 Å². The fourth-order valence-corrected chi connectivity index (χ4v) is 2.73. The molecule has 0 bridgehead atoms. The van der Waals surface area contributed by atoms with Gasteiger partial charge >= 0.3 is 0 Å². The van der Waals surface area contributed by atoms with Crippen molar-refractivity contribution in [1.82, 2.24) is 14.5 Å². The maximum atomic E-state index is 11.9. The highest BCUT2D eigenvalue weighted by atomic mass is 79.9. The lowest BCUT2D eigenvalue weighted by atomic mass is 10.1. The Morgan fingerprint density at radius 1 is 1.59 bits per heavy atom. The van der Waals surface area contributed by atoms with Gasteiger partial charge in [-0.15, -0.1) is 0 Å². The molecule has 17 heavy (non-hydrogen) atoms. The topological polar surface area (TPSA) is 38.1 Å². The van der Waals surface area contributed by atoms with Crippen LogP contribution in [-0.4, -0.2) is 31.7 Å². The molecule has 3 rings (SSSR count). The van der Waals surface area contributed by atoms with Crippen molar-refractivity contribution >= 4 is 21.8 Å². The molecule has 0 spiro atoms. The van der Waals surface area contributed by atoms with E-state index < -0.39 is 0 Å².